The fraction of sp³-hybridized carbons (Fsp3) is 0.826. The van der Waals surface area contributed by atoms with Gasteiger partial charge in [-0.2, -0.15) is 0 Å². The minimum Gasteiger partial charge on any atom is -0.314 e. The summed E-state index contributed by atoms with van der Waals surface area (Å²) in [7, 11) is 0. The molecule has 1 saturated heterocycles. The van der Waals surface area contributed by atoms with E-state index in [4.69, 9.17) is 0 Å². The van der Waals surface area contributed by atoms with Gasteiger partial charge in [0, 0.05) is 12.1 Å². The van der Waals surface area contributed by atoms with Gasteiger partial charge in [0.25, 0.3) is 0 Å². The van der Waals surface area contributed by atoms with E-state index in [1.807, 2.05) is 0 Å². The van der Waals surface area contributed by atoms with Crippen LogP contribution >= 0.6 is 0 Å². The first-order chi connectivity index (χ1) is 11.9. The van der Waals surface area contributed by atoms with Crippen molar-refractivity contribution in [3.8, 4) is 0 Å². The van der Waals surface area contributed by atoms with Gasteiger partial charge in [-0.05, 0) is 76.1 Å². The molecule has 2 atom stereocenters. The van der Waals surface area contributed by atoms with Crippen LogP contribution in [0, 0.1) is 5.41 Å². The number of likely N-dealkylation sites (tertiary alicyclic amines) is 1. The summed E-state index contributed by atoms with van der Waals surface area (Å²) in [5.41, 5.74) is 3.63. The van der Waals surface area contributed by atoms with Crippen molar-refractivity contribution in [1.82, 2.24) is 10.2 Å². The molecule has 25 heavy (non-hydrogen) atoms. The number of nitrogens with one attached hydrogen (secondary N) is 1. The lowest BCUT2D eigenvalue weighted by Gasteiger charge is -2.38. The lowest BCUT2D eigenvalue weighted by Crippen LogP contribution is -2.38. The molecule has 0 spiro atoms. The van der Waals surface area contributed by atoms with E-state index in [-0.39, 0.29) is 0 Å². The molecule has 2 rings (SSSR count). The second kappa shape index (κ2) is 9.92. The van der Waals surface area contributed by atoms with Crippen molar-refractivity contribution < 1.29 is 0 Å². The van der Waals surface area contributed by atoms with Gasteiger partial charge in [0.15, 0.2) is 0 Å². The molecule has 1 fully saturated rings. The maximum Gasteiger partial charge on any atom is 0.00752 e. The Labute approximate surface area is 157 Å². The van der Waals surface area contributed by atoms with Crippen molar-refractivity contribution in [3.63, 3.8) is 0 Å². The van der Waals surface area contributed by atoms with Crippen LogP contribution in [0.2, 0.25) is 0 Å². The first-order valence-corrected chi connectivity index (χ1v) is 10.8. The average molecular weight is 347 g/mol. The largest absolute Gasteiger partial charge is 0.314 e. The zero-order valence-corrected chi connectivity index (χ0v) is 17.5. The Morgan fingerprint density at radius 3 is 2.40 bits per heavy atom. The van der Waals surface area contributed by atoms with E-state index in [1.165, 1.54) is 64.5 Å². The average Bonchev–Trinajstić information content (AvgIpc) is 2.85. The highest BCUT2D eigenvalue weighted by Crippen LogP contribution is 2.40. The van der Waals surface area contributed by atoms with E-state index in [1.54, 1.807) is 11.1 Å². The van der Waals surface area contributed by atoms with Gasteiger partial charge in [0.1, 0.15) is 0 Å². The second-order valence-electron chi connectivity index (χ2n) is 9.01. The summed E-state index contributed by atoms with van der Waals surface area (Å²) < 4.78 is 0. The summed E-state index contributed by atoms with van der Waals surface area (Å²) in [6, 6.07) is 1.29. The van der Waals surface area contributed by atoms with E-state index < -0.39 is 0 Å². The van der Waals surface area contributed by atoms with Crippen LogP contribution in [0.1, 0.15) is 86.0 Å². The first-order valence-electron chi connectivity index (χ1n) is 10.8. The number of allylic oxidation sites excluding steroid dienone is 3. The minimum atomic E-state index is 0.339. The van der Waals surface area contributed by atoms with Gasteiger partial charge in [-0.3, -0.25) is 0 Å². The molecule has 0 amide bonds. The fourth-order valence-corrected chi connectivity index (χ4v) is 4.67. The Kier molecular flexibility index (Phi) is 8.22. The van der Waals surface area contributed by atoms with Crippen LogP contribution in [-0.2, 0) is 0 Å². The zero-order chi connectivity index (χ0) is 18.3. The van der Waals surface area contributed by atoms with Crippen LogP contribution in [0.5, 0.6) is 0 Å². The van der Waals surface area contributed by atoms with Crippen LogP contribution in [0.25, 0.3) is 0 Å². The number of rotatable bonds is 8. The summed E-state index contributed by atoms with van der Waals surface area (Å²) in [5.74, 6) is 0. The van der Waals surface area contributed by atoms with Gasteiger partial charge in [0.2, 0.25) is 0 Å². The smallest absolute Gasteiger partial charge is 0.00752 e. The molecule has 1 unspecified atom stereocenters. The molecule has 1 aliphatic heterocycles. The van der Waals surface area contributed by atoms with Crippen LogP contribution in [0.4, 0.5) is 0 Å². The minimum absolute atomic E-state index is 0.339. The van der Waals surface area contributed by atoms with Crippen LogP contribution in [0.15, 0.2) is 23.3 Å². The molecule has 0 bridgehead atoms. The van der Waals surface area contributed by atoms with Gasteiger partial charge in [0.05, 0.1) is 0 Å². The number of hydrogen-bond donors (Lipinski definition) is 1. The third-order valence-electron chi connectivity index (χ3n) is 6.16. The topological polar surface area (TPSA) is 15.3 Å². The second-order valence-corrected chi connectivity index (χ2v) is 9.01. The monoisotopic (exact) mass is 346 g/mol. The van der Waals surface area contributed by atoms with E-state index in [2.05, 4.69) is 57.0 Å². The van der Waals surface area contributed by atoms with Gasteiger partial charge < -0.3 is 10.2 Å². The molecular weight excluding hydrogens is 304 g/mol. The molecular formula is C23H42N2. The molecule has 1 aliphatic carbocycles. The summed E-state index contributed by atoms with van der Waals surface area (Å²) in [6.07, 6.45) is 15.6. The molecule has 0 saturated carbocycles. The van der Waals surface area contributed by atoms with E-state index >= 15 is 0 Å². The predicted molar refractivity (Wildman–Crippen MR) is 111 cm³/mol. The summed E-state index contributed by atoms with van der Waals surface area (Å²) in [4.78, 5) is 2.75. The summed E-state index contributed by atoms with van der Waals surface area (Å²) >= 11 is 0. The Balaban J connectivity index is 1.93. The highest BCUT2D eigenvalue weighted by molar-refractivity contribution is 5.33. The van der Waals surface area contributed by atoms with Crippen molar-refractivity contribution in [3.05, 3.63) is 23.3 Å². The van der Waals surface area contributed by atoms with E-state index in [0.29, 0.717) is 17.5 Å². The van der Waals surface area contributed by atoms with Gasteiger partial charge in [-0.1, -0.05) is 58.3 Å². The van der Waals surface area contributed by atoms with Gasteiger partial charge in [-0.25, -0.2) is 0 Å². The number of nitrogens with zero attached hydrogens (tertiary/aromatic N) is 1. The highest BCUT2D eigenvalue weighted by atomic mass is 15.1. The Hall–Kier alpha value is -0.600. The molecule has 0 aromatic rings. The Bertz CT molecular complexity index is 455. The highest BCUT2D eigenvalue weighted by Gasteiger charge is 2.30. The van der Waals surface area contributed by atoms with Gasteiger partial charge >= 0.3 is 0 Å². The quantitative estimate of drug-likeness (QED) is 0.606. The molecule has 2 aliphatic rings. The molecule has 0 aromatic carbocycles. The lowest BCUT2D eigenvalue weighted by molar-refractivity contribution is 0.168. The number of hydrogen-bond acceptors (Lipinski definition) is 2. The van der Waals surface area contributed by atoms with Crippen LogP contribution < -0.4 is 5.32 Å². The van der Waals surface area contributed by atoms with Crippen molar-refractivity contribution in [2.75, 3.05) is 19.6 Å². The lowest BCUT2D eigenvalue weighted by atomic mass is 9.73. The Morgan fingerprint density at radius 2 is 1.80 bits per heavy atom. The van der Waals surface area contributed by atoms with E-state index in [9.17, 15) is 0 Å². The maximum absolute atomic E-state index is 3.56. The van der Waals surface area contributed by atoms with Crippen LogP contribution in [-0.4, -0.2) is 36.6 Å². The normalized spacial score (nSPS) is 27.0. The molecule has 0 aromatic heterocycles. The molecule has 144 valence electrons. The maximum atomic E-state index is 3.56. The van der Waals surface area contributed by atoms with Crippen molar-refractivity contribution in [1.29, 1.82) is 0 Å². The zero-order valence-electron chi connectivity index (χ0n) is 17.5. The SMILES string of the molecule is CCC1=C(CCNC(C)C)C=CC(C)(C[C@@H](C)N2CCCCCC2)C1. The van der Waals surface area contributed by atoms with Gasteiger partial charge in [-0.15, -0.1) is 0 Å². The van der Waals surface area contributed by atoms with Crippen molar-refractivity contribution >= 4 is 0 Å². The fourth-order valence-electron chi connectivity index (χ4n) is 4.67. The first kappa shape index (κ1) is 20.7. The third kappa shape index (κ3) is 6.57. The van der Waals surface area contributed by atoms with Crippen molar-refractivity contribution in [2.45, 2.75) is 98.1 Å². The Morgan fingerprint density at radius 1 is 1.12 bits per heavy atom. The van der Waals surface area contributed by atoms with Crippen LogP contribution in [0.3, 0.4) is 0 Å². The molecule has 1 N–H and O–H groups in total. The third-order valence-corrected chi connectivity index (χ3v) is 6.16. The standard InChI is InChI=1S/C23H42N2/c1-6-21-18-23(5,13-11-22(21)12-14-24-19(2)3)17-20(4)25-15-9-7-8-10-16-25/h11,13,19-20,24H,6-10,12,14-18H2,1-5H3/t20-,23?/m1/s1. The molecule has 2 heteroatoms. The van der Waals surface area contributed by atoms with Crippen molar-refractivity contribution in [2.24, 2.45) is 5.41 Å². The summed E-state index contributed by atoms with van der Waals surface area (Å²) in [6.45, 7) is 15.5. The molecule has 0 radical (unpaired) electrons. The van der Waals surface area contributed by atoms with E-state index in [0.717, 1.165) is 6.54 Å². The molecule has 1 heterocycles. The predicted octanol–water partition coefficient (Wildman–Crippen LogP) is 5.70. The molecule has 2 nitrogen and oxygen atoms in total. The summed E-state index contributed by atoms with van der Waals surface area (Å²) in [5, 5.41) is 3.56.